The Balaban J connectivity index is 0.00000784. The van der Waals surface area contributed by atoms with Gasteiger partial charge in [-0.05, 0) is 24.6 Å². The fourth-order valence-electron chi connectivity index (χ4n) is 2.24. The van der Waals surface area contributed by atoms with E-state index in [-0.39, 0.29) is 36.5 Å². The highest BCUT2D eigenvalue weighted by molar-refractivity contribution is 14.0. The van der Waals surface area contributed by atoms with Crippen molar-refractivity contribution in [2.45, 2.75) is 25.8 Å². The van der Waals surface area contributed by atoms with Crippen LogP contribution in [-0.4, -0.2) is 61.6 Å². The van der Waals surface area contributed by atoms with Crippen molar-refractivity contribution in [1.82, 2.24) is 15.1 Å². The Morgan fingerprint density at radius 2 is 1.59 bits per heavy atom. The summed E-state index contributed by atoms with van der Waals surface area (Å²) in [5.41, 5.74) is -0.195. The third-order valence-electron chi connectivity index (χ3n) is 3.60. The number of guanidine groups is 1. The lowest BCUT2D eigenvalue weighted by Crippen LogP contribution is -2.41. The van der Waals surface area contributed by atoms with Crippen LogP contribution in [0.3, 0.4) is 0 Å². The van der Waals surface area contributed by atoms with Crippen LogP contribution in [0.5, 0.6) is 0 Å². The van der Waals surface area contributed by atoms with E-state index in [1.807, 2.05) is 0 Å². The highest BCUT2D eigenvalue weighted by Crippen LogP contribution is 2.29. The Morgan fingerprint density at radius 1 is 1.03 bits per heavy atom. The van der Waals surface area contributed by atoms with Gasteiger partial charge in [-0.15, -0.1) is 24.0 Å². The van der Waals surface area contributed by atoms with E-state index in [1.165, 1.54) is 12.1 Å². The van der Waals surface area contributed by atoms with E-state index in [9.17, 15) is 31.1 Å². The van der Waals surface area contributed by atoms with Crippen molar-refractivity contribution in [2.75, 3.05) is 33.7 Å². The molecule has 1 amide bonds. The molecule has 1 aromatic rings. The van der Waals surface area contributed by atoms with Crippen molar-refractivity contribution in [1.29, 1.82) is 0 Å². The molecule has 0 atom stereocenters. The Bertz CT molecular complexity index is 676. The minimum absolute atomic E-state index is 0. The average molecular weight is 540 g/mol. The van der Waals surface area contributed by atoms with E-state index in [2.05, 4.69) is 10.3 Å². The van der Waals surface area contributed by atoms with Crippen LogP contribution in [0.1, 0.15) is 18.1 Å². The first-order valence-corrected chi connectivity index (χ1v) is 8.29. The molecule has 0 radical (unpaired) electrons. The molecular weight excluding hydrogens is 517 g/mol. The minimum Gasteiger partial charge on any atom is -0.357 e. The fourth-order valence-corrected chi connectivity index (χ4v) is 2.24. The molecule has 0 bridgehead atoms. The summed E-state index contributed by atoms with van der Waals surface area (Å²) in [6.07, 6.45) is -8.93. The van der Waals surface area contributed by atoms with Gasteiger partial charge >= 0.3 is 12.4 Å². The number of rotatable bonds is 6. The Hall–Kier alpha value is -1.73. The maximum atomic E-state index is 12.6. The number of alkyl halides is 6. The number of halogens is 7. The first-order valence-electron chi connectivity index (χ1n) is 8.29. The lowest BCUT2D eigenvalue weighted by Gasteiger charge is -2.23. The predicted octanol–water partition coefficient (Wildman–Crippen LogP) is 3.74. The Morgan fingerprint density at radius 3 is 2.03 bits per heavy atom. The maximum absolute atomic E-state index is 12.6. The van der Waals surface area contributed by atoms with E-state index < -0.39 is 36.9 Å². The number of hydrogen-bond donors (Lipinski definition) is 1. The van der Waals surface area contributed by atoms with E-state index in [0.717, 1.165) is 19.2 Å². The number of carbonyl (C=O) groups is 1. The normalized spacial score (nSPS) is 12.2. The van der Waals surface area contributed by atoms with Gasteiger partial charge in [-0.25, -0.2) is 4.99 Å². The molecular formula is C17H23F6IN4O. The molecule has 1 rings (SSSR count). The molecule has 0 fully saturated rings. The van der Waals surface area contributed by atoms with Crippen molar-refractivity contribution < 1.29 is 31.1 Å². The molecule has 5 nitrogen and oxygen atoms in total. The molecule has 0 heterocycles. The number of benzene rings is 1. The van der Waals surface area contributed by atoms with Gasteiger partial charge in [0.1, 0.15) is 13.1 Å². The number of aliphatic imine (C=N–C) groups is 1. The third kappa shape index (κ3) is 10.0. The number of amides is 1. The summed E-state index contributed by atoms with van der Waals surface area (Å²) in [4.78, 5) is 17.9. The van der Waals surface area contributed by atoms with Gasteiger partial charge in [-0.1, -0.05) is 12.1 Å². The molecule has 12 heteroatoms. The number of nitrogens with one attached hydrogen (secondary N) is 1. The predicted molar refractivity (Wildman–Crippen MR) is 108 cm³/mol. The Kier molecular flexibility index (Phi) is 10.8. The van der Waals surface area contributed by atoms with Crippen LogP contribution in [0.15, 0.2) is 29.3 Å². The number of nitrogens with zero attached hydrogens (tertiary/aromatic N) is 3. The van der Waals surface area contributed by atoms with Crippen LogP contribution in [0.25, 0.3) is 0 Å². The molecule has 0 saturated carbocycles. The molecule has 0 aromatic heterocycles. The fraction of sp³-hybridized carbons (Fsp3) is 0.529. The highest BCUT2D eigenvalue weighted by atomic mass is 127. The third-order valence-corrected chi connectivity index (χ3v) is 3.60. The monoisotopic (exact) mass is 540 g/mol. The molecule has 0 aliphatic heterocycles. The smallest absolute Gasteiger partial charge is 0.357 e. The van der Waals surface area contributed by atoms with Gasteiger partial charge in [-0.3, -0.25) is 4.79 Å². The molecule has 0 aliphatic carbocycles. The Labute approximate surface area is 182 Å². The lowest BCUT2D eigenvalue weighted by atomic mass is 10.1. The second-order valence-electron chi connectivity index (χ2n) is 6.09. The molecule has 166 valence electrons. The lowest BCUT2D eigenvalue weighted by molar-refractivity contribution is -0.157. The summed E-state index contributed by atoms with van der Waals surface area (Å²) < 4.78 is 74.8. The van der Waals surface area contributed by atoms with Crippen molar-refractivity contribution in [3.63, 3.8) is 0 Å². The second-order valence-corrected chi connectivity index (χ2v) is 6.09. The SMILES string of the molecule is CCNC(=NCC(=O)N(C)CC(F)(F)F)N(C)Cc1ccc(C(F)(F)F)cc1.I. The first-order chi connectivity index (χ1) is 12.8. The van der Waals surface area contributed by atoms with E-state index in [4.69, 9.17) is 0 Å². The van der Waals surface area contributed by atoms with Crippen LogP contribution in [0.4, 0.5) is 26.3 Å². The second kappa shape index (κ2) is 11.5. The topological polar surface area (TPSA) is 47.9 Å². The highest BCUT2D eigenvalue weighted by Gasteiger charge is 2.31. The molecule has 0 unspecified atom stereocenters. The van der Waals surface area contributed by atoms with Gasteiger partial charge < -0.3 is 15.1 Å². The van der Waals surface area contributed by atoms with Crippen LogP contribution in [0.2, 0.25) is 0 Å². The largest absolute Gasteiger partial charge is 0.416 e. The number of carbonyl (C=O) groups excluding carboxylic acids is 1. The van der Waals surface area contributed by atoms with Crippen molar-refractivity contribution in [3.8, 4) is 0 Å². The van der Waals surface area contributed by atoms with E-state index in [0.29, 0.717) is 17.0 Å². The van der Waals surface area contributed by atoms with Crippen molar-refractivity contribution >= 4 is 35.8 Å². The molecule has 0 saturated heterocycles. The summed E-state index contributed by atoms with van der Waals surface area (Å²) in [6, 6.07) is 4.57. The van der Waals surface area contributed by atoms with Gasteiger partial charge in [0.05, 0.1) is 5.56 Å². The minimum atomic E-state index is -4.50. The van der Waals surface area contributed by atoms with E-state index >= 15 is 0 Å². The van der Waals surface area contributed by atoms with Gasteiger partial charge in [0.25, 0.3) is 0 Å². The zero-order chi connectivity index (χ0) is 21.5. The summed E-state index contributed by atoms with van der Waals surface area (Å²) in [5, 5.41) is 2.88. The zero-order valence-corrected chi connectivity index (χ0v) is 18.4. The molecule has 29 heavy (non-hydrogen) atoms. The maximum Gasteiger partial charge on any atom is 0.416 e. The van der Waals surface area contributed by atoms with Crippen LogP contribution in [0, 0.1) is 0 Å². The van der Waals surface area contributed by atoms with Crippen LogP contribution >= 0.6 is 24.0 Å². The van der Waals surface area contributed by atoms with Crippen molar-refractivity contribution in [3.05, 3.63) is 35.4 Å². The van der Waals surface area contributed by atoms with Gasteiger partial charge in [0, 0.05) is 27.2 Å². The summed E-state index contributed by atoms with van der Waals surface area (Å²) in [6.45, 7) is 0.518. The van der Waals surface area contributed by atoms with Crippen LogP contribution < -0.4 is 5.32 Å². The number of likely N-dealkylation sites (N-methyl/N-ethyl adjacent to an activating group) is 1. The van der Waals surface area contributed by atoms with Gasteiger partial charge in [0.15, 0.2) is 5.96 Å². The summed E-state index contributed by atoms with van der Waals surface area (Å²) >= 11 is 0. The van der Waals surface area contributed by atoms with Crippen molar-refractivity contribution in [2.24, 2.45) is 4.99 Å². The molecule has 0 spiro atoms. The van der Waals surface area contributed by atoms with Crippen LogP contribution in [-0.2, 0) is 17.5 Å². The molecule has 0 aliphatic rings. The number of hydrogen-bond acceptors (Lipinski definition) is 2. The first kappa shape index (κ1) is 27.3. The van der Waals surface area contributed by atoms with E-state index in [1.54, 1.807) is 18.9 Å². The average Bonchev–Trinajstić information content (AvgIpc) is 2.56. The summed E-state index contributed by atoms with van der Waals surface area (Å²) in [7, 11) is 2.63. The van der Waals surface area contributed by atoms with Gasteiger partial charge in [-0.2, -0.15) is 26.3 Å². The quantitative estimate of drug-likeness (QED) is 0.259. The summed E-state index contributed by atoms with van der Waals surface area (Å²) in [5.74, 6) is -0.563. The molecule has 1 N–H and O–H groups in total. The molecule has 1 aromatic carbocycles. The zero-order valence-electron chi connectivity index (χ0n) is 16.1. The standard InChI is InChI=1S/C17H22F6N4O.HI/c1-4-24-15(25-9-14(28)27(3)11-16(18,19)20)26(2)10-12-5-7-13(8-6-12)17(21,22)23;/h5-8H,4,9-11H2,1-3H3,(H,24,25);1H. The van der Waals surface area contributed by atoms with Gasteiger partial charge in [0.2, 0.25) is 5.91 Å².